The first-order valence-electron chi connectivity index (χ1n) is 8.01. The Morgan fingerprint density at radius 2 is 2.00 bits per heavy atom. The summed E-state index contributed by atoms with van der Waals surface area (Å²) < 4.78 is 5.00. The highest BCUT2D eigenvalue weighted by atomic mass is 32.1. The minimum atomic E-state index is -0.120. The van der Waals surface area contributed by atoms with Crippen LogP contribution in [0.5, 0.6) is 5.88 Å². The van der Waals surface area contributed by atoms with Gasteiger partial charge in [-0.2, -0.15) is 0 Å². The van der Waals surface area contributed by atoms with E-state index in [9.17, 15) is 4.79 Å². The quantitative estimate of drug-likeness (QED) is 0.728. The largest absolute Gasteiger partial charge is 0.481 e. The maximum absolute atomic E-state index is 12.2. The van der Waals surface area contributed by atoms with Gasteiger partial charge in [-0.05, 0) is 18.1 Å². The number of benzene rings is 1. The number of amides is 1. The van der Waals surface area contributed by atoms with Crippen molar-refractivity contribution in [1.29, 1.82) is 0 Å². The van der Waals surface area contributed by atoms with Crippen molar-refractivity contribution in [3.63, 3.8) is 0 Å². The van der Waals surface area contributed by atoms with Gasteiger partial charge in [0.25, 0.3) is 0 Å². The summed E-state index contributed by atoms with van der Waals surface area (Å²) >= 11 is 1.55. The molecule has 0 aliphatic rings. The normalized spacial score (nSPS) is 10.5. The van der Waals surface area contributed by atoms with Gasteiger partial charge in [-0.3, -0.25) is 4.79 Å². The number of hydrogen-bond donors (Lipinski definition) is 1. The number of hydrogen-bond acceptors (Lipinski definition) is 5. The summed E-state index contributed by atoms with van der Waals surface area (Å²) in [4.78, 5) is 20.8. The first-order chi connectivity index (χ1) is 12.2. The number of anilines is 1. The Balaban J connectivity index is 1.62. The zero-order valence-corrected chi connectivity index (χ0v) is 15.0. The van der Waals surface area contributed by atoms with E-state index in [-0.39, 0.29) is 12.3 Å². The van der Waals surface area contributed by atoms with E-state index in [2.05, 4.69) is 46.5 Å². The summed E-state index contributed by atoms with van der Waals surface area (Å²) in [7, 11) is 1.55. The molecule has 3 aromatic rings. The van der Waals surface area contributed by atoms with Crippen LogP contribution in [0.1, 0.15) is 18.2 Å². The number of methoxy groups -OCH3 is 1. The molecule has 2 heterocycles. The third-order valence-electron chi connectivity index (χ3n) is 3.73. The first-order valence-corrected chi connectivity index (χ1v) is 8.89. The predicted octanol–water partition coefficient (Wildman–Crippen LogP) is 3.96. The topological polar surface area (TPSA) is 64.1 Å². The molecule has 0 aliphatic heterocycles. The van der Waals surface area contributed by atoms with Crippen LogP contribution >= 0.6 is 11.3 Å². The van der Waals surface area contributed by atoms with E-state index in [0.717, 1.165) is 22.7 Å². The third kappa shape index (κ3) is 4.42. The monoisotopic (exact) mass is 353 g/mol. The maximum Gasteiger partial charge on any atom is 0.230 e. The molecular formula is C19H19N3O2S. The second-order valence-electron chi connectivity index (χ2n) is 5.51. The van der Waals surface area contributed by atoms with Crippen LogP contribution < -0.4 is 10.1 Å². The zero-order chi connectivity index (χ0) is 17.6. The van der Waals surface area contributed by atoms with E-state index in [1.165, 1.54) is 5.56 Å². The van der Waals surface area contributed by atoms with Gasteiger partial charge in [-0.15, -0.1) is 11.3 Å². The standard InChI is InChI=1S/C19H19N3O2S/c1-3-13-4-6-14(7-5-13)19-22-16(12-25-19)10-17(23)21-15-8-9-18(24-2)20-11-15/h4-9,11-12H,3,10H2,1-2H3,(H,21,23). The molecule has 0 unspecified atom stereocenters. The number of pyridine rings is 1. The number of aryl methyl sites for hydroxylation is 1. The lowest BCUT2D eigenvalue weighted by Crippen LogP contribution is -2.14. The number of aromatic nitrogens is 2. The fourth-order valence-corrected chi connectivity index (χ4v) is 3.17. The van der Waals surface area contributed by atoms with Gasteiger partial charge in [-0.1, -0.05) is 31.2 Å². The van der Waals surface area contributed by atoms with Crippen molar-refractivity contribution in [2.24, 2.45) is 0 Å². The van der Waals surface area contributed by atoms with Gasteiger partial charge < -0.3 is 10.1 Å². The molecule has 25 heavy (non-hydrogen) atoms. The van der Waals surface area contributed by atoms with Gasteiger partial charge >= 0.3 is 0 Å². The Kier molecular flexibility index (Phi) is 5.40. The number of carbonyl (C=O) groups excluding carboxylic acids is 1. The summed E-state index contributed by atoms with van der Waals surface area (Å²) in [5, 5.41) is 5.67. The van der Waals surface area contributed by atoms with E-state index < -0.39 is 0 Å². The third-order valence-corrected chi connectivity index (χ3v) is 4.67. The van der Waals surface area contributed by atoms with Crippen LogP contribution in [0, 0.1) is 0 Å². The Morgan fingerprint density at radius 1 is 1.20 bits per heavy atom. The van der Waals surface area contributed by atoms with Crippen molar-refractivity contribution in [1.82, 2.24) is 9.97 Å². The van der Waals surface area contributed by atoms with E-state index in [0.29, 0.717) is 11.6 Å². The van der Waals surface area contributed by atoms with Gasteiger partial charge in [-0.25, -0.2) is 9.97 Å². The minimum Gasteiger partial charge on any atom is -0.481 e. The molecule has 3 rings (SSSR count). The van der Waals surface area contributed by atoms with Crippen LogP contribution in [0.25, 0.3) is 10.6 Å². The summed E-state index contributed by atoms with van der Waals surface area (Å²) in [6, 6.07) is 11.8. The van der Waals surface area contributed by atoms with Crippen LogP contribution in [-0.2, 0) is 17.6 Å². The number of nitrogens with one attached hydrogen (secondary N) is 1. The van der Waals surface area contributed by atoms with E-state index in [1.807, 2.05) is 5.38 Å². The first kappa shape index (κ1) is 17.1. The Morgan fingerprint density at radius 3 is 2.64 bits per heavy atom. The Labute approximate surface area is 150 Å². The van der Waals surface area contributed by atoms with Gasteiger partial charge in [0, 0.05) is 17.0 Å². The molecule has 5 nitrogen and oxygen atoms in total. The number of carbonyl (C=O) groups is 1. The lowest BCUT2D eigenvalue weighted by Gasteiger charge is -2.04. The van der Waals surface area contributed by atoms with Gasteiger partial charge in [0.15, 0.2) is 0 Å². The van der Waals surface area contributed by atoms with Gasteiger partial charge in [0.1, 0.15) is 5.01 Å². The Hall–Kier alpha value is -2.73. The predicted molar refractivity (Wildman–Crippen MR) is 100 cm³/mol. The smallest absolute Gasteiger partial charge is 0.230 e. The molecule has 1 amide bonds. The van der Waals surface area contributed by atoms with Crippen molar-refractivity contribution in [3.8, 4) is 16.5 Å². The highest BCUT2D eigenvalue weighted by molar-refractivity contribution is 7.13. The van der Waals surface area contributed by atoms with Crippen LogP contribution in [0.2, 0.25) is 0 Å². The molecular weight excluding hydrogens is 334 g/mol. The number of rotatable bonds is 6. The molecule has 0 fully saturated rings. The second kappa shape index (κ2) is 7.90. The highest BCUT2D eigenvalue weighted by Crippen LogP contribution is 2.24. The summed E-state index contributed by atoms with van der Waals surface area (Å²) in [6.45, 7) is 2.13. The van der Waals surface area contributed by atoms with Gasteiger partial charge in [0.05, 0.1) is 31.1 Å². The van der Waals surface area contributed by atoms with Crippen LogP contribution in [0.15, 0.2) is 48.0 Å². The lowest BCUT2D eigenvalue weighted by atomic mass is 10.1. The minimum absolute atomic E-state index is 0.120. The molecule has 0 atom stereocenters. The SMILES string of the molecule is CCc1ccc(-c2nc(CC(=O)Nc3ccc(OC)nc3)cs2)cc1. The number of thiazole rings is 1. The molecule has 2 aromatic heterocycles. The molecule has 0 radical (unpaired) electrons. The molecule has 128 valence electrons. The molecule has 1 aromatic carbocycles. The zero-order valence-electron chi connectivity index (χ0n) is 14.2. The van der Waals surface area contributed by atoms with Crippen molar-refractivity contribution >= 4 is 22.9 Å². The molecule has 0 saturated heterocycles. The second-order valence-corrected chi connectivity index (χ2v) is 6.37. The van der Waals surface area contributed by atoms with Crippen molar-refractivity contribution in [2.75, 3.05) is 12.4 Å². The van der Waals surface area contributed by atoms with Gasteiger partial charge in [0.2, 0.25) is 11.8 Å². The number of nitrogens with zero attached hydrogens (tertiary/aromatic N) is 2. The highest BCUT2D eigenvalue weighted by Gasteiger charge is 2.10. The van der Waals surface area contributed by atoms with Crippen molar-refractivity contribution < 1.29 is 9.53 Å². The average Bonchev–Trinajstić information content (AvgIpc) is 3.10. The molecule has 6 heteroatoms. The number of ether oxygens (including phenoxy) is 1. The van der Waals surface area contributed by atoms with E-state index >= 15 is 0 Å². The van der Waals surface area contributed by atoms with E-state index in [4.69, 9.17) is 4.74 Å². The van der Waals surface area contributed by atoms with E-state index in [1.54, 1.807) is 36.8 Å². The maximum atomic E-state index is 12.2. The molecule has 0 spiro atoms. The van der Waals surface area contributed by atoms with Crippen molar-refractivity contribution in [3.05, 3.63) is 59.2 Å². The fraction of sp³-hybridized carbons (Fsp3) is 0.211. The molecule has 0 bridgehead atoms. The average molecular weight is 353 g/mol. The molecule has 0 saturated carbocycles. The molecule has 0 aliphatic carbocycles. The summed E-state index contributed by atoms with van der Waals surface area (Å²) in [5.74, 6) is 0.390. The fourth-order valence-electron chi connectivity index (χ4n) is 2.35. The van der Waals surface area contributed by atoms with Crippen LogP contribution in [-0.4, -0.2) is 23.0 Å². The lowest BCUT2D eigenvalue weighted by molar-refractivity contribution is -0.115. The van der Waals surface area contributed by atoms with Crippen LogP contribution in [0.4, 0.5) is 5.69 Å². The summed E-state index contributed by atoms with van der Waals surface area (Å²) in [5.41, 5.74) is 3.77. The summed E-state index contributed by atoms with van der Waals surface area (Å²) in [6.07, 6.45) is 2.82. The van der Waals surface area contributed by atoms with Crippen molar-refractivity contribution in [2.45, 2.75) is 19.8 Å². The Bertz CT molecular complexity index is 842. The van der Waals surface area contributed by atoms with Crippen LogP contribution in [0.3, 0.4) is 0 Å². The molecule has 1 N–H and O–H groups in total.